The third-order valence-corrected chi connectivity index (χ3v) is 4.55. The zero-order valence-electron chi connectivity index (χ0n) is 14.0. The Bertz CT molecular complexity index is 1010. The third-order valence-electron chi connectivity index (χ3n) is 3.88. The molecule has 3 nitrogen and oxygen atoms in total. The number of carbonyl (C=O) groups excluding carboxylic acids is 1. The summed E-state index contributed by atoms with van der Waals surface area (Å²) in [6.45, 7) is 0. The predicted octanol–water partition coefficient (Wildman–Crippen LogP) is 5.69. The Morgan fingerprint density at radius 2 is 1.67 bits per heavy atom. The minimum Gasteiger partial charge on any atom is -0.497 e. The van der Waals surface area contributed by atoms with E-state index in [9.17, 15) is 18.0 Å². The maximum atomic E-state index is 14.4. The molecule has 0 aliphatic heterocycles. The molecule has 0 fully saturated rings. The van der Waals surface area contributed by atoms with Gasteiger partial charge >= 0.3 is 0 Å². The number of carbonyl (C=O) groups is 1. The number of methoxy groups -OCH3 is 1. The van der Waals surface area contributed by atoms with E-state index in [-0.39, 0.29) is 16.8 Å². The van der Waals surface area contributed by atoms with Crippen molar-refractivity contribution in [1.29, 1.82) is 0 Å². The number of anilines is 2. The number of hydrogen-bond donors (Lipinski definition) is 1. The third kappa shape index (κ3) is 4.08. The molecule has 138 valence electrons. The van der Waals surface area contributed by atoms with Gasteiger partial charge in [0.1, 0.15) is 11.6 Å². The van der Waals surface area contributed by atoms with Gasteiger partial charge in [0, 0.05) is 14.7 Å². The molecule has 0 bridgehead atoms. The molecule has 0 spiro atoms. The Kier molecular flexibility index (Phi) is 5.69. The first-order valence-corrected chi connectivity index (χ1v) is 8.87. The zero-order chi connectivity index (χ0) is 19.6. The van der Waals surface area contributed by atoms with Crippen molar-refractivity contribution in [2.24, 2.45) is 0 Å². The summed E-state index contributed by atoms with van der Waals surface area (Å²) in [4.78, 5) is 12.8. The zero-order valence-corrected chi connectivity index (χ0v) is 16.2. The van der Waals surface area contributed by atoms with E-state index in [0.29, 0.717) is 9.32 Å². The first-order chi connectivity index (χ1) is 12.9. The molecule has 0 atom stereocenters. The normalized spacial score (nSPS) is 10.6. The molecule has 3 aromatic carbocycles. The van der Waals surface area contributed by atoms with Crippen LogP contribution in [-0.2, 0) is 0 Å². The number of ketones is 1. The number of nitrogens with one attached hydrogen (secondary N) is 1. The SMILES string of the molecule is COc1ccc(C(=O)c2ccc(F)c(F)c2Nc2ccc(I)cc2F)cc1. The van der Waals surface area contributed by atoms with Crippen LogP contribution in [0.25, 0.3) is 0 Å². The second-order valence-corrected chi connectivity index (χ2v) is 6.84. The lowest BCUT2D eigenvalue weighted by molar-refractivity contribution is 0.103. The molecule has 0 amide bonds. The Morgan fingerprint density at radius 3 is 2.30 bits per heavy atom. The van der Waals surface area contributed by atoms with Crippen molar-refractivity contribution in [1.82, 2.24) is 0 Å². The van der Waals surface area contributed by atoms with Gasteiger partial charge in [0.25, 0.3) is 0 Å². The van der Waals surface area contributed by atoms with E-state index in [2.05, 4.69) is 5.32 Å². The highest BCUT2D eigenvalue weighted by Crippen LogP contribution is 2.30. The van der Waals surface area contributed by atoms with Crippen LogP contribution in [0.15, 0.2) is 54.6 Å². The molecule has 7 heteroatoms. The van der Waals surface area contributed by atoms with Crippen molar-refractivity contribution in [2.45, 2.75) is 0 Å². The summed E-state index contributed by atoms with van der Waals surface area (Å²) in [6, 6.07) is 12.5. The van der Waals surface area contributed by atoms with E-state index in [0.717, 1.165) is 12.1 Å². The monoisotopic (exact) mass is 483 g/mol. The average molecular weight is 483 g/mol. The fourth-order valence-corrected chi connectivity index (χ4v) is 2.94. The molecule has 27 heavy (non-hydrogen) atoms. The molecule has 0 saturated carbocycles. The van der Waals surface area contributed by atoms with E-state index in [1.165, 1.54) is 31.4 Å². The molecular formula is C20H13F3INO2. The van der Waals surface area contributed by atoms with E-state index >= 15 is 0 Å². The van der Waals surface area contributed by atoms with Crippen LogP contribution >= 0.6 is 22.6 Å². The second-order valence-electron chi connectivity index (χ2n) is 5.59. The Hall–Kier alpha value is -2.55. The van der Waals surface area contributed by atoms with Gasteiger partial charge in [0.05, 0.1) is 18.5 Å². The van der Waals surface area contributed by atoms with Crippen LogP contribution in [0.5, 0.6) is 5.75 Å². The summed E-state index contributed by atoms with van der Waals surface area (Å²) < 4.78 is 48.0. The number of rotatable bonds is 5. The molecule has 3 aromatic rings. The number of halogens is 4. The van der Waals surface area contributed by atoms with Gasteiger partial charge in [-0.05, 0) is 77.2 Å². The maximum Gasteiger partial charge on any atom is 0.195 e. The van der Waals surface area contributed by atoms with Crippen LogP contribution < -0.4 is 10.1 Å². The molecule has 0 radical (unpaired) electrons. The van der Waals surface area contributed by atoms with Gasteiger partial charge in [-0.3, -0.25) is 4.79 Å². The number of ether oxygens (including phenoxy) is 1. The first-order valence-electron chi connectivity index (χ1n) is 7.79. The largest absolute Gasteiger partial charge is 0.497 e. The van der Waals surface area contributed by atoms with Crippen molar-refractivity contribution < 1.29 is 22.7 Å². The Labute approximate surface area is 167 Å². The summed E-state index contributed by atoms with van der Waals surface area (Å²) >= 11 is 1.93. The highest BCUT2D eigenvalue weighted by Gasteiger charge is 2.21. The van der Waals surface area contributed by atoms with Crippen LogP contribution in [0.2, 0.25) is 0 Å². The summed E-state index contributed by atoms with van der Waals surface area (Å²) in [6.07, 6.45) is 0. The minimum absolute atomic E-state index is 0.0660. The van der Waals surface area contributed by atoms with Crippen LogP contribution in [0.3, 0.4) is 0 Å². The van der Waals surface area contributed by atoms with Crippen LogP contribution in [-0.4, -0.2) is 12.9 Å². The highest BCUT2D eigenvalue weighted by atomic mass is 127. The van der Waals surface area contributed by atoms with Crippen molar-refractivity contribution in [3.63, 3.8) is 0 Å². The number of hydrogen-bond acceptors (Lipinski definition) is 3. The molecule has 0 aliphatic carbocycles. The fraction of sp³-hybridized carbons (Fsp3) is 0.0500. The summed E-state index contributed by atoms with van der Waals surface area (Å²) in [5.74, 6) is -3.03. The lowest BCUT2D eigenvalue weighted by Gasteiger charge is -2.14. The molecular weight excluding hydrogens is 470 g/mol. The summed E-state index contributed by atoms with van der Waals surface area (Å²) in [7, 11) is 1.49. The van der Waals surface area contributed by atoms with Gasteiger partial charge in [-0.2, -0.15) is 0 Å². The lowest BCUT2D eigenvalue weighted by atomic mass is 10.0. The minimum atomic E-state index is -1.26. The van der Waals surface area contributed by atoms with Crippen molar-refractivity contribution in [3.05, 3.63) is 86.7 Å². The van der Waals surface area contributed by atoms with Crippen LogP contribution in [0, 0.1) is 21.0 Å². The number of benzene rings is 3. The van der Waals surface area contributed by atoms with Gasteiger partial charge in [-0.25, -0.2) is 13.2 Å². The smallest absolute Gasteiger partial charge is 0.195 e. The van der Waals surface area contributed by atoms with Gasteiger partial charge in [0.2, 0.25) is 0 Å². The Morgan fingerprint density at radius 1 is 0.963 bits per heavy atom. The molecule has 0 saturated heterocycles. The summed E-state index contributed by atoms with van der Waals surface area (Å²) in [5.41, 5.74) is -0.343. The average Bonchev–Trinajstić information content (AvgIpc) is 2.67. The van der Waals surface area contributed by atoms with Gasteiger partial charge in [0.15, 0.2) is 17.4 Å². The van der Waals surface area contributed by atoms with Crippen molar-refractivity contribution in [3.8, 4) is 5.75 Å². The topological polar surface area (TPSA) is 38.3 Å². The lowest BCUT2D eigenvalue weighted by Crippen LogP contribution is -2.09. The van der Waals surface area contributed by atoms with Gasteiger partial charge < -0.3 is 10.1 Å². The van der Waals surface area contributed by atoms with E-state index < -0.39 is 28.9 Å². The standard InChI is InChI=1S/C20H13F3INO2/c1-27-13-5-2-11(3-6-13)20(26)14-7-8-15(21)18(23)19(14)25-17-9-4-12(24)10-16(17)22/h2-10,25H,1H3. The molecule has 0 aromatic heterocycles. The van der Waals surface area contributed by atoms with Crippen LogP contribution in [0.4, 0.5) is 24.5 Å². The van der Waals surface area contributed by atoms with E-state index in [1.54, 1.807) is 18.2 Å². The highest BCUT2D eigenvalue weighted by molar-refractivity contribution is 14.1. The fourth-order valence-electron chi connectivity index (χ4n) is 2.49. The molecule has 3 rings (SSSR count). The summed E-state index contributed by atoms with van der Waals surface area (Å²) in [5, 5.41) is 2.51. The van der Waals surface area contributed by atoms with Crippen molar-refractivity contribution >= 4 is 39.7 Å². The predicted molar refractivity (Wildman–Crippen MR) is 105 cm³/mol. The second kappa shape index (κ2) is 7.99. The molecule has 0 unspecified atom stereocenters. The maximum absolute atomic E-state index is 14.4. The molecule has 1 N–H and O–H groups in total. The van der Waals surface area contributed by atoms with E-state index in [1.807, 2.05) is 22.6 Å². The molecule has 0 heterocycles. The first kappa shape index (κ1) is 19.2. The van der Waals surface area contributed by atoms with Gasteiger partial charge in [-0.15, -0.1) is 0 Å². The van der Waals surface area contributed by atoms with Crippen LogP contribution in [0.1, 0.15) is 15.9 Å². The van der Waals surface area contributed by atoms with Gasteiger partial charge in [-0.1, -0.05) is 0 Å². The Balaban J connectivity index is 2.05. The van der Waals surface area contributed by atoms with E-state index in [4.69, 9.17) is 4.74 Å². The molecule has 0 aliphatic rings. The van der Waals surface area contributed by atoms with Crippen molar-refractivity contribution in [2.75, 3.05) is 12.4 Å². The quantitative estimate of drug-likeness (QED) is 0.375.